The van der Waals surface area contributed by atoms with E-state index < -0.39 is 0 Å². The average Bonchev–Trinajstić information content (AvgIpc) is 2.46. The molecule has 0 N–H and O–H groups in total. The number of methoxy groups -OCH3 is 1. The van der Waals surface area contributed by atoms with Gasteiger partial charge in [0.2, 0.25) is 0 Å². The Labute approximate surface area is 117 Å². The van der Waals surface area contributed by atoms with Crippen LogP contribution < -0.4 is 4.74 Å². The summed E-state index contributed by atoms with van der Waals surface area (Å²) in [6.45, 7) is 0.414. The highest BCUT2D eigenvalue weighted by Gasteiger charge is 1.94. The van der Waals surface area contributed by atoms with E-state index in [9.17, 15) is 0 Å². The summed E-state index contributed by atoms with van der Waals surface area (Å²) in [6, 6.07) is 15.1. The molecule has 0 unspecified atom stereocenters. The van der Waals surface area contributed by atoms with Crippen molar-refractivity contribution in [2.24, 2.45) is 5.16 Å². The van der Waals surface area contributed by atoms with Gasteiger partial charge in [-0.05, 0) is 35.4 Å². The molecule has 19 heavy (non-hydrogen) atoms. The smallest absolute Gasteiger partial charge is 0.142 e. The highest BCUT2D eigenvalue weighted by molar-refractivity contribution is 6.30. The number of benzene rings is 2. The number of rotatable bonds is 5. The lowest BCUT2D eigenvalue weighted by Gasteiger charge is -2.01. The molecule has 0 aliphatic heterocycles. The maximum atomic E-state index is 5.80. The Morgan fingerprint density at radius 3 is 2.68 bits per heavy atom. The molecule has 4 heteroatoms. The van der Waals surface area contributed by atoms with E-state index in [1.807, 2.05) is 48.5 Å². The highest BCUT2D eigenvalue weighted by atomic mass is 35.5. The number of nitrogens with zero attached hydrogens (tertiary/aromatic N) is 1. The Balaban J connectivity index is 1.87. The Bertz CT molecular complexity index is 552. The van der Waals surface area contributed by atoms with Gasteiger partial charge in [-0.15, -0.1) is 0 Å². The summed E-state index contributed by atoms with van der Waals surface area (Å²) in [5.41, 5.74) is 1.95. The molecular weight excluding hydrogens is 262 g/mol. The molecule has 0 radical (unpaired) electrons. The van der Waals surface area contributed by atoms with Gasteiger partial charge in [-0.1, -0.05) is 41.0 Å². The van der Waals surface area contributed by atoms with Crippen LogP contribution in [0.5, 0.6) is 5.75 Å². The molecule has 0 amide bonds. The highest BCUT2D eigenvalue weighted by Crippen LogP contribution is 2.12. The maximum absolute atomic E-state index is 5.80. The largest absolute Gasteiger partial charge is 0.497 e. The van der Waals surface area contributed by atoms with E-state index in [1.54, 1.807) is 13.3 Å². The fourth-order valence-electron chi connectivity index (χ4n) is 1.51. The Kier molecular flexibility index (Phi) is 4.81. The van der Waals surface area contributed by atoms with Crippen molar-refractivity contribution in [1.82, 2.24) is 0 Å². The van der Waals surface area contributed by atoms with E-state index >= 15 is 0 Å². The molecule has 3 nitrogen and oxygen atoms in total. The van der Waals surface area contributed by atoms with Crippen molar-refractivity contribution in [3.63, 3.8) is 0 Å². The Morgan fingerprint density at radius 2 is 1.95 bits per heavy atom. The van der Waals surface area contributed by atoms with E-state index in [-0.39, 0.29) is 0 Å². The van der Waals surface area contributed by atoms with E-state index in [1.165, 1.54) is 0 Å². The molecule has 0 aliphatic carbocycles. The van der Waals surface area contributed by atoms with Crippen molar-refractivity contribution in [1.29, 1.82) is 0 Å². The number of hydrogen-bond donors (Lipinski definition) is 0. The third-order valence-electron chi connectivity index (χ3n) is 2.51. The second kappa shape index (κ2) is 6.81. The zero-order valence-electron chi connectivity index (χ0n) is 10.5. The quantitative estimate of drug-likeness (QED) is 0.612. The van der Waals surface area contributed by atoms with Gasteiger partial charge < -0.3 is 9.57 Å². The van der Waals surface area contributed by atoms with Crippen molar-refractivity contribution in [2.75, 3.05) is 7.11 Å². The summed E-state index contributed by atoms with van der Waals surface area (Å²) in [4.78, 5) is 5.22. The first-order valence-electron chi connectivity index (χ1n) is 5.82. The zero-order chi connectivity index (χ0) is 13.5. The van der Waals surface area contributed by atoms with E-state index in [0.29, 0.717) is 11.6 Å². The third-order valence-corrected chi connectivity index (χ3v) is 2.77. The number of halogens is 1. The predicted molar refractivity (Wildman–Crippen MR) is 76.8 cm³/mol. The van der Waals surface area contributed by atoms with Crippen molar-refractivity contribution < 1.29 is 9.57 Å². The molecule has 2 aromatic rings. The molecule has 2 rings (SSSR count). The molecule has 0 bridgehead atoms. The molecule has 0 aromatic heterocycles. The molecule has 0 saturated heterocycles. The van der Waals surface area contributed by atoms with Gasteiger partial charge in [0.25, 0.3) is 0 Å². The molecule has 0 atom stereocenters. The van der Waals surface area contributed by atoms with Gasteiger partial charge in [0.1, 0.15) is 12.4 Å². The summed E-state index contributed by atoms with van der Waals surface area (Å²) >= 11 is 5.80. The molecule has 0 saturated carbocycles. The molecule has 0 heterocycles. The monoisotopic (exact) mass is 275 g/mol. The number of oxime groups is 1. The van der Waals surface area contributed by atoms with Crippen molar-refractivity contribution >= 4 is 17.8 Å². The lowest BCUT2D eigenvalue weighted by atomic mass is 10.2. The fourth-order valence-corrected chi connectivity index (χ4v) is 1.64. The summed E-state index contributed by atoms with van der Waals surface area (Å²) < 4.78 is 5.13. The van der Waals surface area contributed by atoms with Crippen LogP contribution in [0.2, 0.25) is 5.02 Å². The topological polar surface area (TPSA) is 30.8 Å². The van der Waals surface area contributed by atoms with Gasteiger partial charge in [-0.2, -0.15) is 0 Å². The first kappa shape index (κ1) is 13.4. The molecule has 0 spiro atoms. The van der Waals surface area contributed by atoms with Gasteiger partial charge in [0.15, 0.2) is 0 Å². The fraction of sp³-hybridized carbons (Fsp3) is 0.133. The predicted octanol–water partition coefficient (Wildman–Crippen LogP) is 3.90. The van der Waals surface area contributed by atoms with Gasteiger partial charge in [0.05, 0.1) is 13.3 Å². The average molecular weight is 276 g/mol. The van der Waals surface area contributed by atoms with E-state index in [0.717, 1.165) is 16.9 Å². The third kappa shape index (κ3) is 4.30. The SMILES string of the molecule is COc1cccc(C=NOCc2ccc(Cl)cc2)c1. The molecular formula is C15H14ClNO2. The van der Waals surface area contributed by atoms with Crippen LogP contribution in [0, 0.1) is 0 Å². The summed E-state index contributed by atoms with van der Waals surface area (Å²) in [5.74, 6) is 0.793. The van der Waals surface area contributed by atoms with Crippen molar-refractivity contribution in [3.05, 3.63) is 64.7 Å². The van der Waals surface area contributed by atoms with Crippen molar-refractivity contribution in [2.45, 2.75) is 6.61 Å². The van der Waals surface area contributed by atoms with Crippen LogP contribution in [0.15, 0.2) is 53.7 Å². The maximum Gasteiger partial charge on any atom is 0.142 e. The van der Waals surface area contributed by atoms with Crippen LogP contribution in [0.3, 0.4) is 0 Å². The second-order valence-electron chi connectivity index (χ2n) is 3.91. The number of hydrogen-bond acceptors (Lipinski definition) is 3. The minimum atomic E-state index is 0.414. The second-order valence-corrected chi connectivity index (χ2v) is 4.35. The van der Waals surface area contributed by atoms with Crippen molar-refractivity contribution in [3.8, 4) is 5.75 Å². The molecule has 2 aromatic carbocycles. The van der Waals surface area contributed by atoms with Crippen LogP contribution in [0.4, 0.5) is 0 Å². The zero-order valence-corrected chi connectivity index (χ0v) is 11.3. The normalized spacial score (nSPS) is 10.6. The number of ether oxygens (including phenoxy) is 1. The van der Waals surface area contributed by atoms with Gasteiger partial charge in [-0.25, -0.2) is 0 Å². The summed E-state index contributed by atoms with van der Waals surface area (Å²) in [7, 11) is 1.63. The summed E-state index contributed by atoms with van der Waals surface area (Å²) in [6.07, 6.45) is 1.65. The first-order chi connectivity index (χ1) is 9.28. The summed E-state index contributed by atoms with van der Waals surface area (Å²) in [5, 5.41) is 4.63. The Hall–Kier alpha value is -2.00. The first-order valence-corrected chi connectivity index (χ1v) is 6.19. The van der Waals surface area contributed by atoms with E-state index in [2.05, 4.69) is 5.16 Å². The minimum absolute atomic E-state index is 0.414. The minimum Gasteiger partial charge on any atom is -0.497 e. The van der Waals surface area contributed by atoms with E-state index in [4.69, 9.17) is 21.2 Å². The van der Waals surface area contributed by atoms with Crippen LogP contribution in [-0.4, -0.2) is 13.3 Å². The van der Waals surface area contributed by atoms with Gasteiger partial charge in [0, 0.05) is 5.02 Å². The van der Waals surface area contributed by atoms with Crippen LogP contribution in [0.1, 0.15) is 11.1 Å². The van der Waals surface area contributed by atoms with Gasteiger partial charge in [-0.3, -0.25) is 0 Å². The standard InChI is InChI=1S/C15H14ClNO2/c1-18-15-4-2-3-13(9-15)10-17-19-11-12-5-7-14(16)8-6-12/h2-10H,11H2,1H3. The van der Waals surface area contributed by atoms with Crippen LogP contribution in [0.25, 0.3) is 0 Å². The molecule has 98 valence electrons. The van der Waals surface area contributed by atoms with Crippen LogP contribution in [-0.2, 0) is 11.4 Å². The van der Waals surface area contributed by atoms with Gasteiger partial charge >= 0.3 is 0 Å². The Morgan fingerprint density at radius 1 is 1.16 bits per heavy atom. The molecule has 0 aliphatic rings. The van der Waals surface area contributed by atoms with Crippen LogP contribution >= 0.6 is 11.6 Å². The molecule has 0 fully saturated rings. The lowest BCUT2D eigenvalue weighted by molar-refractivity contribution is 0.132. The lowest BCUT2D eigenvalue weighted by Crippen LogP contribution is -1.89.